The van der Waals surface area contributed by atoms with Crippen LogP contribution in [0.25, 0.3) is 0 Å². The number of hydrogen-bond acceptors (Lipinski definition) is 15. The largest absolute Gasteiger partial charge is 0.472 e. The number of aliphatic hydroxyl groups excluding tert-OH is 1. The fourth-order valence-corrected chi connectivity index (χ4v) is 14.8. The smallest absolute Gasteiger partial charge is 0.462 e. The number of esters is 4. The van der Waals surface area contributed by atoms with E-state index in [4.69, 9.17) is 37.0 Å². The summed E-state index contributed by atoms with van der Waals surface area (Å²) in [5, 5.41) is 10.6. The maximum atomic E-state index is 13.1. The predicted molar refractivity (Wildman–Crippen MR) is 428 cm³/mol. The van der Waals surface area contributed by atoms with Crippen LogP contribution < -0.4 is 0 Å². The van der Waals surface area contributed by atoms with Gasteiger partial charge < -0.3 is 33.8 Å². The summed E-state index contributed by atoms with van der Waals surface area (Å²) in [6.07, 6.45) is 71.0. The number of phosphoric acid groups is 2. The molecule has 0 aliphatic heterocycles. The second kappa shape index (κ2) is 77.8. The molecule has 104 heavy (non-hydrogen) atoms. The minimum absolute atomic E-state index is 0.109. The van der Waals surface area contributed by atoms with E-state index < -0.39 is 97.5 Å². The number of ether oxygens (including phenoxy) is 4. The molecule has 0 heterocycles. The molecule has 0 saturated heterocycles. The molecular weight excluding hydrogens is 1350 g/mol. The molecule has 0 fully saturated rings. The standard InChI is InChI=1S/C85H166O17P2/c1-6-10-13-16-19-21-23-25-27-29-34-37-41-45-49-54-59-64-69-83(88)96-75-81(102-85(90)71-66-61-56-51-47-43-39-35-31-30-33-36-40-44-48-53-57-62-67-78(5)9-4)77-100-104(93,94)98-73-79(86)72-97-103(91,92)99-76-80(74-95-82(87)68-63-58-52-18-15-12-8-3)101-84(89)70-65-60-55-50-46-42-38-32-28-26-24-22-20-17-14-11-7-2/h78-81,86H,6-77H2,1-5H3,(H,91,92)(H,93,94)/t78?,79-,80+,81+/m0/s1. The number of carbonyl (C=O) groups excluding carboxylic acids is 4. The second-order valence-corrected chi connectivity index (χ2v) is 33.7. The highest BCUT2D eigenvalue weighted by Gasteiger charge is 2.30. The van der Waals surface area contributed by atoms with E-state index in [9.17, 15) is 43.2 Å². The minimum Gasteiger partial charge on any atom is -0.462 e. The molecule has 0 bridgehead atoms. The van der Waals surface area contributed by atoms with Gasteiger partial charge in [0.15, 0.2) is 12.2 Å². The van der Waals surface area contributed by atoms with Crippen LogP contribution in [0.15, 0.2) is 0 Å². The number of carbonyl (C=O) groups is 4. The number of unbranched alkanes of at least 4 members (excludes halogenated alkanes) is 56. The van der Waals surface area contributed by atoms with Crippen molar-refractivity contribution in [3.63, 3.8) is 0 Å². The molecule has 0 amide bonds. The van der Waals surface area contributed by atoms with Gasteiger partial charge in [0, 0.05) is 25.7 Å². The molecule has 0 aliphatic carbocycles. The average Bonchev–Trinajstić information content (AvgIpc) is 0.906. The Hall–Kier alpha value is -1.94. The van der Waals surface area contributed by atoms with Crippen molar-refractivity contribution >= 4 is 39.5 Å². The van der Waals surface area contributed by atoms with Crippen LogP contribution in [0, 0.1) is 5.92 Å². The van der Waals surface area contributed by atoms with Crippen molar-refractivity contribution in [3.05, 3.63) is 0 Å². The Morgan fingerprint density at radius 3 is 0.683 bits per heavy atom. The van der Waals surface area contributed by atoms with Gasteiger partial charge in [-0.25, -0.2) is 9.13 Å². The fourth-order valence-electron chi connectivity index (χ4n) is 13.3. The highest BCUT2D eigenvalue weighted by molar-refractivity contribution is 7.47. The normalized spacial score (nSPS) is 14.0. The number of aliphatic hydroxyl groups is 1. The minimum atomic E-state index is -4.96. The zero-order valence-electron chi connectivity index (χ0n) is 68.2. The molecule has 0 spiro atoms. The van der Waals surface area contributed by atoms with Crippen molar-refractivity contribution in [3.8, 4) is 0 Å². The third kappa shape index (κ3) is 76.8. The van der Waals surface area contributed by atoms with E-state index in [1.807, 2.05) is 0 Å². The first kappa shape index (κ1) is 102. The summed E-state index contributed by atoms with van der Waals surface area (Å²) in [7, 11) is -9.92. The first-order chi connectivity index (χ1) is 50.6. The summed E-state index contributed by atoms with van der Waals surface area (Å²) in [5.41, 5.74) is 0. The third-order valence-electron chi connectivity index (χ3n) is 20.4. The lowest BCUT2D eigenvalue weighted by molar-refractivity contribution is -0.161. The molecule has 3 N–H and O–H groups in total. The van der Waals surface area contributed by atoms with E-state index in [0.717, 1.165) is 109 Å². The van der Waals surface area contributed by atoms with Crippen LogP contribution in [0.3, 0.4) is 0 Å². The summed E-state index contributed by atoms with van der Waals surface area (Å²) in [5.74, 6) is -1.23. The Bertz CT molecular complexity index is 1980. The van der Waals surface area contributed by atoms with Crippen molar-refractivity contribution in [2.75, 3.05) is 39.6 Å². The average molecular weight is 1520 g/mol. The molecule has 0 aromatic carbocycles. The highest BCUT2D eigenvalue weighted by Crippen LogP contribution is 2.45. The Labute approximate surface area is 638 Å². The Kier molecular flexibility index (Phi) is 76.3. The first-order valence-electron chi connectivity index (χ1n) is 44.2. The van der Waals surface area contributed by atoms with Crippen molar-refractivity contribution in [2.45, 2.75) is 477 Å². The van der Waals surface area contributed by atoms with Gasteiger partial charge in [0.25, 0.3) is 0 Å². The van der Waals surface area contributed by atoms with Gasteiger partial charge in [-0.3, -0.25) is 37.3 Å². The molecule has 0 aliphatic rings. The lowest BCUT2D eigenvalue weighted by Gasteiger charge is -2.21. The van der Waals surface area contributed by atoms with Crippen molar-refractivity contribution in [1.29, 1.82) is 0 Å². The van der Waals surface area contributed by atoms with Crippen LogP contribution in [0.4, 0.5) is 0 Å². The zero-order chi connectivity index (χ0) is 76.2. The van der Waals surface area contributed by atoms with Crippen LogP contribution in [0.5, 0.6) is 0 Å². The lowest BCUT2D eigenvalue weighted by Crippen LogP contribution is -2.30. The number of phosphoric ester groups is 2. The molecule has 3 unspecified atom stereocenters. The van der Waals surface area contributed by atoms with Gasteiger partial charge in [0.05, 0.1) is 26.4 Å². The van der Waals surface area contributed by atoms with Crippen molar-refractivity contribution in [1.82, 2.24) is 0 Å². The summed E-state index contributed by atoms with van der Waals surface area (Å²) in [6.45, 7) is 7.39. The predicted octanol–water partition coefficient (Wildman–Crippen LogP) is 26.0. The first-order valence-corrected chi connectivity index (χ1v) is 47.2. The second-order valence-electron chi connectivity index (χ2n) is 30.8. The van der Waals surface area contributed by atoms with E-state index in [1.165, 1.54) is 270 Å². The molecule has 0 aromatic rings. The van der Waals surface area contributed by atoms with Crippen LogP contribution in [0.2, 0.25) is 0 Å². The molecule has 0 saturated carbocycles. The summed E-state index contributed by atoms with van der Waals surface area (Å²) in [6, 6.07) is 0. The molecule has 0 rings (SSSR count). The van der Waals surface area contributed by atoms with E-state index in [-0.39, 0.29) is 25.7 Å². The molecule has 0 aromatic heterocycles. The summed E-state index contributed by atoms with van der Waals surface area (Å²) >= 11 is 0. The van der Waals surface area contributed by atoms with Gasteiger partial charge >= 0.3 is 39.5 Å². The third-order valence-corrected chi connectivity index (χ3v) is 22.3. The SMILES string of the molecule is CCCCCCCCCCCCCCCCCCCCC(=O)OC[C@H](COP(=O)(O)OC[C@@H](O)COP(=O)(O)OC[C@@H](COC(=O)CCCCCCCCC)OC(=O)CCCCCCCCCCCCCCCCCCC)OC(=O)CCCCCCCCCCCCCCCCCCCCC(C)CC. The molecule has 17 nitrogen and oxygen atoms in total. The van der Waals surface area contributed by atoms with Crippen LogP contribution in [-0.2, 0) is 65.4 Å². The summed E-state index contributed by atoms with van der Waals surface area (Å²) in [4.78, 5) is 73.0. The van der Waals surface area contributed by atoms with E-state index >= 15 is 0 Å². The molecule has 19 heteroatoms. The monoisotopic (exact) mass is 1520 g/mol. The van der Waals surface area contributed by atoms with Gasteiger partial charge in [-0.2, -0.15) is 0 Å². The topological polar surface area (TPSA) is 237 Å². The summed E-state index contributed by atoms with van der Waals surface area (Å²) < 4.78 is 68.7. The zero-order valence-corrected chi connectivity index (χ0v) is 70.0. The van der Waals surface area contributed by atoms with Gasteiger partial charge in [0.1, 0.15) is 19.3 Å². The molecular formula is C85H166O17P2. The van der Waals surface area contributed by atoms with Gasteiger partial charge in [-0.1, -0.05) is 407 Å². The highest BCUT2D eigenvalue weighted by atomic mass is 31.2. The lowest BCUT2D eigenvalue weighted by atomic mass is 9.99. The Balaban J connectivity index is 5.16. The molecule has 618 valence electrons. The van der Waals surface area contributed by atoms with Crippen LogP contribution in [-0.4, -0.2) is 96.7 Å². The fraction of sp³-hybridized carbons (Fsp3) is 0.953. The van der Waals surface area contributed by atoms with E-state index in [2.05, 4.69) is 34.6 Å². The Morgan fingerprint density at radius 1 is 0.269 bits per heavy atom. The van der Waals surface area contributed by atoms with E-state index in [0.29, 0.717) is 25.7 Å². The van der Waals surface area contributed by atoms with Crippen LogP contribution in [0.1, 0.15) is 458 Å². The molecule has 0 radical (unpaired) electrons. The van der Waals surface area contributed by atoms with Gasteiger partial charge in [-0.05, 0) is 31.6 Å². The number of hydrogen-bond donors (Lipinski definition) is 3. The van der Waals surface area contributed by atoms with Gasteiger partial charge in [0.2, 0.25) is 0 Å². The van der Waals surface area contributed by atoms with Crippen molar-refractivity contribution in [2.24, 2.45) is 5.92 Å². The maximum Gasteiger partial charge on any atom is 0.472 e. The molecule has 6 atom stereocenters. The van der Waals surface area contributed by atoms with E-state index in [1.54, 1.807) is 0 Å². The number of rotatable bonds is 85. The van der Waals surface area contributed by atoms with Crippen molar-refractivity contribution < 1.29 is 80.2 Å². The maximum absolute atomic E-state index is 13.1. The van der Waals surface area contributed by atoms with Crippen LogP contribution >= 0.6 is 15.6 Å². The van der Waals surface area contributed by atoms with Gasteiger partial charge in [-0.15, -0.1) is 0 Å². The quantitative estimate of drug-likeness (QED) is 0.0222. The Morgan fingerprint density at radius 2 is 0.462 bits per heavy atom.